The van der Waals surface area contributed by atoms with Crippen LogP contribution in [0.4, 0.5) is 10.5 Å². The molecule has 21 heavy (non-hydrogen) atoms. The quantitative estimate of drug-likeness (QED) is 0.616. The first-order valence-corrected chi connectivity index (χ1v) is 7.68. The summed E-state index contributed by atoms with van der Waals surface area (Å²) >= 11 is 1.63. The molecule has 0 aromatic heterocycles. The number of rotatable bonds is 2. The van der Waals surface area contributed by atoms with Crippen LogP contribution in [0, 0.1) is 10.1 Å². The van der Waals surface area contributed by atoms with E-state index < -0.39 is 10.5 Å². The van der Waals surface area contributed by atoms with E-state index in [0.29, 0.717) is 6.54 Å². The Bertz CT molecular complexity index is 539. The van der Waals surface area contributed by atoms with Gasteiger partial charge < -0.3 is 4.74 Å². The first-order valence-electron chi connectivity index (χ1n) is 6.63. The highest BCUT2D eigenvalue weighted by molar-refractivity contribution is 7.99. The van der Waals surface area contributed by atoms with E-state index in [1.807, 2.05) is 20.8 Å². The van der Waals surface area contributed by atoms with Crippen molar-refractivity contribution in [2.45, 2.75) is 31.7 Å². The molecule has 0 N–H and O–H groups in total. The molecule has 1 amide bonds. The number of hydrogen-bond donors (Lipinski definition) is 0. The molecule has 1 atom stereocenters. The molecule has 1 aromatic carbocycles. The largest absolute Gasteiger partial charge is 0.444 e. The highest BCUT2D eigenvalue weighted by Gasteiger charge is 2.33. The second-order valence-electron chi connectivity index (χ2n) is 5.75. The number of carbonyl (C=O) groups excluding carboxylic acids is 1. The summed E-state index contributed by atoms with van der Waals surface area (Å²) < 4.78 is 5.40. The highest BCUT2D eigenvalue weighted by Crippen LogP contribution is 2.39. The van der Waals surface area contributed by atoms with E-state index in [0.717, 1.165) is 11.3 Å². The molecule has 1 aliphatic rings. The Balaban J connectivity index is 2.14. The van der Waals surface area contributed by atoms with Crippen LogP contribution >= 0.6 is 11.8 Å². The van der Waals surface area contributed by atoms with E-state index >= 15 is 0 Å². The van der Waals surface area contributed by atoms with Gasteiger partial charge in [-0.15, -0.1) is 11.8 Å². The zero-order chi connectivity index (χ0) is 15.6. The molecule has 1 saturated heterocycles. The number of amides is 1. The molecule has 0 aliphatic carbocycles. The maximum atomic E-state index is 12.2. The smallest absolute Gasteiger partial charge is 0.411 e. The third-order valence-electron chi connectivity index (χ3n) is 2.91. The fourth-order valence-corrected chi connectivity index (χ4v) is 3.26. The van der Waals surface area contributed by atoms with Gasteiger partial charge in [0, 0.05) is 24.4 Å². The van der Waals surface area contributed by atoms with Crippen molar-refractivity contribution in [2.75, 3.05) is 12.3 Å². The van der Waals surface area contributed by atoms with Gasteiger partial charge in [0.1, 0.15) is 11.0 Å². The Morgan fingerprint density at radius 2 is 2.00 bits per heavy atom. The van der Waals surface area contributed by atoms with Gasteiger partial charge in [-0.1, -0.05) is 0 Å². The molecule has 6 nitrogen and oxygen atoms in total. The fourth-order valence-electron chi connectivity index (χ4n) is 2.01. The summed E-state index contributed by atoms with van der Waals surface area (Å²) in [7, 11) is 0. The molecule has 0 saturated carbocycles. The van der Waals surface area contributed by atoms with Gasteiger partial charge in [0.05, 0.1) is 4.92 Å². The molecule has 114 valence electrons. The number of hydrogen-bond acceptors (Lipinski definition) is 5. The number of nitro groups is 1. The lowest BCUT2D eigenvalue weighted by Gasteiger charge is -2.28. The lowest BCUT2D eigenvalue weighted by atomic mass is 10.2. The normalized spacial score (nSPS) is 18.6. The molecule has 1 aromatic rings. The van der Waals surface area contributed by atoms with Crippen molar-refractivity contribution in [1.82, 2.24) is 4.90 Å². The Kier molecular flexibility index (Phi) is 4.41. The molecular formula is C14H18N2O4S. The predicted octanol–water partition coefficient (Wildman–Crippen LogP) is 3.58. The minimum Gasteiger partial charge on any atom is -0.444 e. The maximum absolute atomic E-state index is 12.2. The molecule has 1 aliphatic heterocycles. The maximum Gasteiger partial charge on any atom is 0.411 e. The van der Waals surface area contributed by atoms with Crippen molar-refractivity contribution >= 4 is 23.5 Å². The Hall–Kier alpha value is -1.76. The molecule has 7 heteroatoms. The number of ether oxygens (including phenoxy) is 1. The average Bonchev–Trinajstić information content (AvgIpc) is 2.86. The van der Waals surface area contributed by atoms with Crippen LogP contribution in [0.15, 0.2) is 24.3 Å². The second kappa shape index (κ2) is 5.93. The van der Waals surface area contributed by atoms with Crippen LogP contribution in [0.5, 0.6) is 0 Å². The fraction of sp³-hybridized carbons (Fsp3) is 0.500. The van der Waals surface area contributed by atoms with Crippen molar-refractivity contribution in [3.05, 3.63) is 39.9 Å². The Morgan fingerprint density at radius 3 is 2.52 bits per heavy atom. The Labute approximate surface area is 127 Å². The van der Waals surface area contributed by atoms with Gasteiger partial charge in [0.2, 0.25) is 0 Å². The molecule has 1 fully saturated rings. The number of nitrogens with zero attached hydrogens (tertiary/aromatic N) is 2. The zero-order valence-corrected chi connectivity index (χ0v) is 13.1. The van der Waals surface area contributed by atoms with Crippen LogP contribution in [0.25, 0.3) is 0 Å². The topological polar surface area (TPSA) is 72.7 Å². The van der Waals surface area contributed by atoms with Crippen LogP contribution in [0.1, 0.15) is 31.7 Å². The van der Waals surface area contributed by atoms with E-state index in [4.69, 9.17) is 4.74 Å². The molecule has 1 unspecified atom stereocenters. The number of non-ortho nitro benzene ring substituents is 1. The standard InChI is InChI=1S/C14H18N2O4S/c1-14(2,3)20-13(17)15-8-9-21-12(15)10-4-6-11(7-5-10)16(18)19/h4-7,12H,8-9H2,1-3H3. The summed E-state index contributed by atoms with van der Waals surface area (Å²) in [6, 6.07) is 6.31. The minimum atomic E-state index is -0.537. The van der Waals surface area contributed by atoms with Crippen LogP contribution in [0.3, 0.4) is 0 Å². The summed E-state index contributed by atoms with van der Waals surface area (Å²) in [5.74, 6) is 0.820. The van der Waals surface area contributed by atoms with Gasteiger partial charge in [0.25, 0.3) is 5.69 Å². The van der Waals surface area contributed by atoms with Gasteiger partial charge in [-0.05, 0) is 38.5 Å². The first kappa shape index (κ1) is 15.6. The van der Waals surface area contributed by atoms with E-state index in [1.54, 1.807) is 28.8 Å². The monoisotopic (exact) mass is 310 g/mol. The summed E-state index contributed by atoms with van der Waals surface area (Å²) in [6.07, 6.45) is -0.351. The number of benzene rings is 1. The van der Waals surface area contributed by atoms with Crippen molar-refractivity contribution in [3.8, 4) is 0 Å². The van der Waals surface area contributed by atoms with Gasteiger partial charge in [-0.2, -0.15) is 0 Å². The lowest BCUT2D eigenvalue weighted by molar-refractivity contribution is -0.384. The number of nitro benzene ring substituents is 1. The van der Waals surface area contributed by atoms with Crippen LogP contribution in [-0.2, 0) is 4.74 Å². The molecule has 2 rings (SSSR count). The van der Waals surface area contributed by atoms with Crippen molar-refractivity contribution in [2.24, 2.45) is 0 Å². The molecule has 1 heterocycles. The summed E-state index contributed by atoms with van der Waals surface area (Å²) in [5, 5.41) is 10.5. The number of thioether (sulfide) groups is 1. The van der Waals surface area contributed by atoms with Crippen molar-refractivity contribution in [1.29, 1.82) is 0 Å². The number of carbonyl (C=O) groups is 1. The SMILES string of the molecule is CC(C)(C)OC(=O)N1CCSC1c1ccc([N+](=O)[O-])cc1. The third-order valence-corrected chi connectivity index (χ3v) is 4.17. The summed E-state index contributed by atoms with van der Waals surface area (Å²) in [5.41, 5.74) is 0.379. The van der Waals surface area contributed by atoms with E-state index in [1.165, 1.54) is 12.1 Å². The van der Waals surface area contributed by atoms with Gasteiger partial charge in [0.15, 0.2) is 0 Å². The first-order chi connectivity index (χ1) is 9.78. The van der Waals surface area contributed by atoms with E-state index in [9.17, 15) is 14.9 Å². The van der Waals surface area contributed by atoms with E-state index in [-0.39, 0.29) is 17.2 Å². The average molecular weight is 310 g/mol. The van der Waals surface area contributed by atoms with Crippen molar-refractivity contribution in [3.63, 3.8) is 0 Å². The minimum absolute atomic E-state index is 0.0468. The van der Waals surface area contributed by atoms with Crippen LogP contribution in [0.2, 0.25) is 0 Å². The molecule has 0 spiro atoms. The highest BCUT2D eigenvalue weighted by atomic mass is 32.2. The molecule has 0 bridgehead atoms. The lowest BCUT2D eigenvalue weighted by Crippen LogP contribution is -2.36. The predicted molar refractivity (Wildman–Crippen MR) is 81.2 cm³/mol. The molecule has 0 radical (unpaired) electrons. The van der Waals surface area contributed by atoms with E-state index in [2.05, 4.69) is 0 Å². The Morgan fingerprint density at radius 1 is 1.38 bits per heavy atom. The van der Waals surface area contributed by atoms with Crippen LogP contribution in [-0.4, -0.2) is 33.8 Å². The summed E-state index contributed by atoms with van der Waals surface area (Å²) in [6.45, 7) is 6.10. The second-order valence-corrected chi connectivity index (χ2v) is 6.93. The zero-order valence-electron chi connectivity index (χ0n) is 12.2. The third kappa shape index (κ3) is 3.87. The van der Waals surface area contributed by atoms with Crippen LogP contribution < -0.4 is 0 Å². The van der Waals surface area contributed by atoms with Crippen molar-refractivity contribution < 1.29 is 14.5 Å². The molecular weight excluding hydrogens is 292 g/mol. The van der Waals surface area contributed by atoms with Gasteiger partial charge >= 0.3 is 6.09 Å². The van der Waals surface area contributed by atoms with Gasteiger partial charge in [-0.25, -0.2) is 4.79 Å². The summed E-state index contributed by atoms with van der Waals surface area (Å²) in [4.78, 5) is 24.1. The van der Waals surface area contributed by atoms with Gasteiger partial charge in [-0.3, -0.25) is 15.0 Å².